The van der Waals surface area contributed by atoms with E-state index in [0.29, 0.717) is 0 Å². The van der Waals surface area contributed by atoms with Crippen molar-refractivity contribution in [1.82, 2.24) is 5.32 Å². The molecule has 0 radical (unpaired) electrons. The molecule has 0 heterocycles. The number of hydrogen-bond donors (Lipinski definition) is 5. The molecule has 1 aromatic carbocycles. The predicted molar refractivity (Wildman–Crippen MR) is 77.9 cm³/mol. The molecule has 0 atom stereocenters. The number of guanidine groups is 2. The standard InChI is InChI=1S/C13H21N5O/c1-2-3-4-9-19-11-7-5-10(6-8-11)17-13(16)18-12(14)15/h5-8H,2-4,9H2,1H3,(H6,14,15,16,17,18). The van der Waals surface area contributed by atoms with E-state index >= 15 is 0 Å². The van der Waals surface area contributed by atoms with Gasteiger partial charge in [0.05, 0.1) is 6.61 Å². The summed E-state index contributed by atoms with van der Waals surface area (Å²) in [5.41, 5.74) is 5.86. The number of hydrogen-bond acceptors (Lipinski definition) is 3. The van der Waals surface area contributed by atoms with Gasteiger partial charge in [0.1, 0.15) is 5.75 Å². The van der Waals surface area contributed by atoms with E-state index in [0.717, 1.165) is 24.5 Å². The molecule has 1 aromatic rings. The largest absolute Gasteiger partial charge is 0.494 e. The third-order valence-corrected chi connectivity index (χ3v) is 2.40. The van der Waals surface area contributed by atoms with Gasteiger partial charge in [0.15, 0.2) is 11.9 Å². The third-order valence-electron chi connectivity index (χ3n) is 2.40. The summed E-state index contributed by atoms with van der Waals surface area (Å²) in [5.74, 6) is 0.505. The summed E-state index contributed by atoms with van der Waals surface area (Å²) in [7, 11) is 0. The Labute approximate surface area is 113 Å². The first kappa shape index (κ1) is 14.8. The monoisotopic (exact) mass is 263 g/mol. The van der Waals surface area contributed by atoms with E-state index in [4.69, 9.17) is 21.3 Å². The minimum Gasteiger partial charge on any atom is -0.494 e. The Morgan fingerprint density at radius 3 is 2.47 bits per heavy atom. The van der Waals surface area contributed by atoms with Crippen LogP contribution in [0.3, 0.4) is 0 Å². The van der Waals surface area contributed by atoms with E-state index in [-0.39, 0.29) is 11.9 Å². The number of nitrogens with two attached hydrogens (primary N) is 1. The molecule has 0 spiro atoms. The van der Waals surface area contributed by atoms with Crippen LogP contribution in [-0.4, -0.2) is 18.5 Å². The zero-order chi connectivity index (χ0) is 14.1. The Bertz CT molecular complexity index is 416. The summed E-state index contributed by atoms with van der Waals surface area (Å²) in [4.78, 5) is 0. The fraction of sp³-hybridized carbons (Fsp3) is 0.385. The first-order valence-electron chi connectivity index (χ1n) is 6.31. The lowest BCUT2D eigenvalue weighted by atomic mass is 10.2. The molecular weight excluding hydrogens is 242 g/mol. The lowest BCUT2D eigenvalue weighted by Gasteiger charge is -2.10. The van der Waals surface area contributed by atoms with Gasteiger partial charge < -0.3 is 15.8 Å². The summed E-state index contributed by atoms with van der Waals surface area (Å²) < 4.78 is 5.58. The molecule has 6 heteroatoms. The molecule has 0 amide bonds. The van der Waals surface area contributed by atoms with Crippen LogP contribution in [0.15, 0.2) is 24.3 Å². The Kier molecular flexibility index (Phi) is 6.21. The van der Waals surface area contributed by atoms with Crippen LogP contribution in [0.2, 0.25) is 0 Å². The molecule has 6 nitrogen and oxygen atoms in total. The van der Waals surface area contributed by atoms with E-state index in [1.165, 1.54) is 12.8 Å². The molecular formula is C13H21N5O. The van der Waals surface area contributed by atoms with E-state index in [9.17, 15) is 0 Å². The molecule has 6 N–H and O–H groups in total. The average molecular weight is 263 g/mol. The molecule has 0 bridgehead atoms. The van der Waals surface area contributed by atoms with Gasteiger partial charge in [-0.1, -0.05) is 19.8 Å². The number of anilines is 1. The Hall–Kier alpha value is -2.24. The molecule has 0 unspecified atom stereocenters. The van der Waals surface area contributed by atoms with Gasteiger partial charge in [-0.25, -0.2) is 0 Å². The highest BCUT2D eigenvalue weighted by Gasteiger charge is 1.99. The second-order valence-corrected chi connectivity index (χ2v) is 4.12. The fourth-order valence-electron chi connectivity index (χ4n) is 1.49. The fourth-order valence-corrected chi connectivity index (χ4v) is 1.49. The van der Waals surface area contributed by atoms with Crippen molar-refractivity contribution in [1.29, 1.82) is 10.8 Å². The number of rotatable bonds is 6. The van der Waals surface area contributed by atoms with Crippen molar-refractivity contribution in [3.8, 4) is 5.75 Å². The van der Waals surface area contributed by atoms with E-state index in [2.05, 4.69) is 17.6 Å². The van der Waals surface area contributed by atoms with Crippen molar-refractivity contribution < 1.29 is 4.74 Å². The minimum atomic E-state index is -0.270. The first-order chi connectivity index (χ1) is 9.11. The Morgan fingerprint density at radius 2 is 1.89 bits per heavy atom. The zero-order valence-corrected chi connectivity index (χ0v) is 11.1. The van der Waals surface area contributed by atoms with Crippen LogP contribution in [0.4, 0.5) is 5.69 Å². The van der Waals surface area contributed by atoms with Gasteiger partial charge in [-0.15, -0.1) is 0 Å². The highest BCUT2D eigenvalue weighted by atomic mass is 16.5. The molecule has 0 saturated heterocycles. The highest BCUT2D eigenvalue weighted by molar-refractivity contribution is 6.02. The second-order valence-electron chi connectivity index (χ2n) is 4.12. The maximum absolute atomic E-state index is 7.49. The molecule has 1 rings (SSSR count). The average Bonchev–Trinajstić information content (AvgIpc) is 2.35. The Balaban J connectivity index is 2.38. The van der Waals surface area contributed by atoms with Gasteiger partial charge in [-0.05, 0) is 30.7 Å². The smallest absolute Gasteiger partial charge is 0.199 e. The van der Waals surface area contributed by atoms with Gasteiger partial charge in [-0.3, -0.25) is 16.1 Å². The maximum Gasteiger partial charge on any atom is 0.199 e. The summed E-state index contributed by atoms with van der Waals surface area (Å²) >= 11 is 0. The first-order valence-corrected chi connectivity index (χ1v) is 6.31. The molecule has 0 aliphatic heterocycles. The van der Waals surface area contributed by atoms with E-state index < -0.39 is 0 Å². The molecule has 0 aliphatic rings. The van der Waals surface area contributed by atoms with Crippen molar-refractivity contribution in [2.45, 2.75) is 26.2 Å². The van der Waals surface area contributed by atoms with Gasteiger partial charge in [0.25, 0.3) is 0 Å². The maximum atomic E-state index is 7.49. The molecule has 104 valence electrons. The van der Waals surface area contributed by atoms with Crippen LogP contribution in [0.1, 0.15) is 26.2 Å². The van der Waals surface area contributed by atoms with E-state index in [1.807, 2.05) is 24.3 Å². The minimum absolute atomic E-state index is 0.0379. The van der Waals surface area contributed by atoms with Gasteiger partial charge in [0, 0.05) is 5.69 Å². The zero-order valence-electron chi connectivity index (χ0n) is 11.1. The topological polar surface area (TPSA) is 107 Å². The SMILES string of the molecule is CCCCCOc1ccc(NC(=N)NC(=N)N)cc1. The van der Waals surface area contributed by atoms with Crippen LogP contribution in [-0.2, 0) is 0 Å². The number of nitrogens with one attached hydrogen (secondary N) is 4. The lowest BCUT2D eigenvalue weighted by Crippen LogP contribution is -2.39. The summed E-state index contributed by atoms with van der Waals surface area (Å²) in [6.07, 6.45) is 3.41. The van der Waals surface area contributed by atoms with Crippen molar-refractivity contribution >= 4 is 17.6 Å². The van der Waals surface area contributed by atoms with Crippen molar-refractivity contribution in [2.75, 3.05) is 11.9 Å². The van der Waals surface area contributed by atoms with Crippen LogP contribution < -0.4 is 21.1 Å². The summed E-state index contributed by atoms with van der Waals surface area (Å²) in [5, 5.41) is 19.6. The van der Waals surface area contributed by atoms with Crippen molar-refractivity contribution in [3.05, 3.63) is 24.3 Å². The molecule has 19 heavy (non-hydrogen) atoms. The van der Waals surface area contributed by atoms with Gasteiger partial charge in [0.2, 0.25) is 0 Å². The second kappa shape index (κ2) is 7.97. The Morgan fingerprint density at radius 1 is 1.21 bits per heavy atom. The number of benzene rings is 1. The molecule has 0 fully saturated rings. The van der Waals surface area contributed by atoms with Crippen LogP contribution in [0, 0.1) is 10.8 Å². The van der Waals surface area contributed by atoms with Crippen LogP contribution in [0.25, 0.3) is 0 Å². The highest BCUT2D eigenvalue weighted by Crippen LogP contribution is 2.15. The molecule has 0 aliphatic carbocycles. The third kappa shape index (κ3) is 6.30. The van der Waals surface area contributed by atoms with Crippen LogP contribution >= 0.6 is 0 Å². The molecule has 0 aromatic heterocycles. The van der Waals surface area contributed by atoms with Gasteiger partial charge in [-0.2, -0.15) is 0 Å². The van der Waals surface area contributed by atoms with Crippen LogP contribution in [0.5, 0.6) is 5.75 Å². The normalized spacial score (nSPS) is 9.74. The lowest BCUT2D eigenvalue weighted by molar-refractivity contribution is 0.306. The van der Waals surface area contributed by atoms with Gasteiger partial charge >= 0.3 is 0 Å². The number of unbranched alkanes of at least 4 members (excludes halogenated alkanes) is 2. The van der Waals surface area contributed by atoms with Crippen molar-refractivity contribution in [2.24, 2.45) is 5.73 Å². The van der Waals surface area contributed by atoms with E-state index in [1.54, 1.807) is 0 Å². The number of ether oxygens (including phenoxy) is 1. The summed E-state index contributed by atoms with van der Waals surface area (Å²) in [6.45, 7) is 2.88. The summed E-state index contributed by atoms with van der Waals surface area (Å²) in [6, 6.07) is 7.31. The quantitative estimate of drug-likeness (QED) is 0.308. The molecule has 0 saturated carbocycles. The predicted octanol–water partition coefficient (Wildman–Crippen LogP) is 2.09. The van der Waals surface area contributed by atoms with Crippen molar-refractivity contribution in [3.63, 3.8) is 0 Å².